The minimum absolute atomic E-state index is 0.248. The molecule has 2 N–H and O–H groups in total. The Morgan fingerprint density at radius 3 is 2.17 bits per heavy atom. The quantitative estimate of drug-likeness (QED) is 0.644. The molecule has 7 heteroatoms. The Balaban J connectivity index is 1.55. The van der Waals surface area contributed by atoms with Crippen LogP contribution in [0.25, 0.3) is 11.0 Å². The fourth-order valence-electron chi connectivity index (χ4n) is 5.35. The van der Waals surface area contributed by atoms with Crippen molar-refractivity contribution in [1.82, 2.24) is 25.8 Å². The van der Waals surface area contributed by atoms with E-state index in [0.29, 0.717) is 12.0 Å². The highest BCUT2D eigenvalue weighted by molar-refractivity contribution is 5.98. The number of fused-ring (bicyclic) bond motifs is 6. The van der Waals surface area contributed by atoms with Gasteiger partial charge in [-0.3, -0.25) is 25.4 Å². The molecule has 2 aliphatic rings. The van der Waals surface area contributed by atoms with Gasteiger partial charge in [-0.15, -0.1) is 0 Å². The molecule has 0 saturated heterocycles. The van der Waals surface area contributed by atoms with Crippen LogP contribution < -0.4 is 10.9 Å². The molecule has 0 aliphatic heterocycles. The van der Waals surface area contributed by atoms with Gasteiger partial charge in [0, 0.05) is 23.4 Å². The predicted octanol–water partition coefficient (Wildman–Crippen LogP) is 2.82. The van der Waals surface area contributed by atoms with Gasteiger partial charge in [0.05, 0.1) is 22.4 Å². The number of hydrogen-bond donors (Lipinski definition) is 2. The third kappa shape index (κ3) is 2.17. The number of carbonyl (C=O) groups is 2. The maximum Gasteiger partial charge on any atom is 0.269 e. The molecule has 0 spiro atoms. The second-order valence-corrected chi connectivity index (χ2v) is 8.92. The largest absolute Gasteiger partial charge is 0.272 e. The molecule has 3 aromatic rings. The average Bonchev–Trinajstić information content (AvgIpc) is 3.06. The molecule has 7 nitrogen and oxygen atoms in total. The van der Waals surface area contributed by atoms with Crippen molar-refractivity contribution in [2.75, 3.05) is 0 Å². The highest BCUT2D eigenvalue weighted by atomic mass is 16.2. The van der Waals surface area contributed by atoms with Gasteiger partial charge in [0.25, 0.3) is 11.8 Å². The highest BCUT2D eigenvalue weighted by Gasteiger charge is 2.73. The summed E-state index contributed by atoms with van der Waals surface area (Å²) >= 11 is 0. The van der Waals surface area contributed by atoms with E-state index in [1.165, 1.54) is 12.4 Å². The van der Waals surface area contributed by atoms with Crippen molar-refractivity contribution in [3.8, 4) is 0 Å². The van der Waals surface area contributed by atoms with E-state index in [9.17, 15) is 9.59 Å². The second kappa shape index (κ2) is 6.08. The molecule has 30 heavy (non-hydrogen) atoms. The average molecular weight is 401 g/mol. The lowest BCUT2D eigenvalue weighted by molar-refractivity contribution is -0.131. The van der Waals surface area contributed by atoms with Crippen LogP contribution in [-0.2, 0) is 15.6 Å². The summed E-state index contributed by atoms with van der Waals surface area (Å²) < 4.78 is 0. The third-order valence-electron chi connectivity index (χ3n) is 7.56. The van der Waals surface area contributed by atoms with Gasteiger partial charge in [-0.2, -0.15) is 0 Å². The van der Waals surface area contributed by atoms with Crippen molar-refractivity contribution >= 4 is 22.8 Å². The lowest BCUT2D eigenvalue weighted by Gasteiger charge is -2.39. The van der Waals surface area contributed by atoms with Crippen LogP contribution in [0.1, 0.15) is 55.4 Å². The van der Waals surface area contributed by atoms with Crippen molar-refractivity contribution in [3.05, 3.63) is 65.7 Å². The van der Waals surface area contributed by atoms with Gasteiger partial charge in [0.1, 0.15) is 5.41 Å². The molecule has 1 saturated carbocycles. The summed E-state index contributed by atoms with van der Waals surface area (Å²) in [6.45, 7) is 6.39. The Morgan fingerprint density at radius 2 is 1.50 bits per heavy atom. The topological polar surface area (TPSA) is 96.9 Å². The fraction of sp³-hybridized carbons (Fsp3) is 0.348. The molecule has 2 heterocycles. The van der Waals surface area contributed by atoms with Gasteiger partial charge in [0.2, 0.25) is 0 Å². The number of para-hydroxylation sites is 2. The molecule has 2 aromatic heterocycles. The molecule has 2 amide bonds. The van der Waals surface area contributed by atoms with Gasteiger partial charge in [-0.25, -0.2) is 9.97 Å². The van der Waals surface area contributed by atoms with Crippen molar-refractivity contribution in [2.45, 2.75) is 44.4 Å². The number of nitrogens with one attached hydrogen (secondary N) is 2. The highest BCUT2D eigenvalue weighted by Crippen LogP contribution is 2.70. The monoisotopic (exact) mass is 401 g/mol. The Morgan fingerprint density at radius 1 is 0.867 bits per heavy atom. The van der Waals surface area contributed by atoms with Gasteiger partial charge in [-0.1, -0.05) is 32.9 Å². The number of hydrogen-bond acceptors (Lipinski definition) is 5. The number of nitrogens with zero attached hydrogens (tertiary/aromatic N) is 3. The molecule has 2 unspecified atom stereocenters. The number of hydrazine groups is 1. The van der Waals surface area contributed by atoms with Crippen LogP contribution in [0.4, 0.5) is 0 Å². The minimum Gasteiger partial charge on any atom is -0.272 e. The van der Waals surface area contributed by atoms with Crippen LogP contribution in [-0.4, -0.2) is 26.8 Å². The summed E-state index contributed by atoms with van der Waals surface area (Å²) in [7, 11) is 0. The summed E-state index contributed by atoms with van der Waals surface area (Å²) in [6, 6.07) is 10.9. The first-order chi connectivity index (χ1) is 14.3. The lowest BCUT2D eigenvalue weighted by atomic mass is 9.63. The second-order valence-electron chi connectivity index (χ2n) is 8.92. The third-order valence-corrected chi connectivity index (χ3v) is 7.56. The fourth-order valence-corrected chi connectivity index (χ4v) is 5.35. The Bertz CT molecular complexity index is 1190. The van der Waals surface area contributed by atoms with Gasteiger partial charge in [0.15, 0.2) is 0 Å². The smallest absolute Gasteiger partial charge is 0.269 e. The van der Waals surface area contributed by atoms with E-state index in [-0.39, 0.29) is 17.2 Å². The maximum atomic E-state index is 13.6. The van der Waals surface area contributed by atoms with Crippen LogP contribution >= 0.6 is 0 Å². The molecule has 1 aromatic carbocycles. The SMILES string of the molecule is CC12CCC(C(=O)NNC(=O)c3ccncc3)(c3nc4ccccc4nc31)C2(C)C. The zero-order chi connectivity index (χ0) is 21.1. The van der Waals surface area contributed by atoms with E-state index in [4.69, 9.17) is 9.97 Å². The summed E-state index contributed by atoms with van der Waals surface area (Å²) in [4.78, 5) is 39.8. The number of carbonyl (C=O) groups excluding carboxylic acids is 2. The number of amides is 2. The molecule has 2 aliphatic carbocycles. The van der Waals surface area contributed by atoms with Crippen molar-refractivity contribution in [2.24, 2.45) is 5.41 Å². The molecule has 1 fully saturated rings. The van der Waals surface area contributed by atoms with Crippen LogP contribution in [0.2, 0.25) is 0 Å². The number of rotatable bonds is 2. The molecule has 152 valence electrons. The first-order valence-electron chi connectivity index (χ1n) is 10.1. The van der Waals surface area contributed by atoms with Crippen molar-refractivity contribution < 1.29 is 9.59 Å². The molecule has 5 rings (SSSR count). The predicted molar refractivity (Wildman–Crippen MR) is 111 cm³/mol. The molecular weight excluding hydrogens is 378 g/mol. The summed E-state index contributed by atoms with van der Waals surface area (Å²) in [5, 5.41) is 0. The number of pyridine rings is 1. The zero-order valence-electron chi connectivity index (χ0n) is 17.2. The summed E-state index contributed by atoms with van der Waals surface area (Å²) in [5.74, 6) is -0.634. The van der Waals surface area contributed by atoms with E-state index < -0.39 is 10.8 Å². The summed E-state index contributed by atoms with van der Waals surface area (Å²) in [5.41, 5.74) is 7.35. The standard InChI is InChI=1S/C23H23N5O2/c1-21(2)22(3)10-11-23(21,18-17(22)25-15-6-4-5-7-16(15)26-18)20(30)28-27-19(29)14-8-12-24-13-9-14/h4-9,12-13H,10-11H2,1-3H3,(H,27,29)(H,28,30). The molecule has 2 atom stereocenters. The Hall–Kier alpha value is -3.35. The van der Waals surface area contributed by atoms with E-state index in [0.717, 1.165) is 28.8 Å². The number of benzene rings is 1. The Labute approximate surface area is 174 Å². The maximum absolute atomic E-state index is 13.6. The normalized spacial score (nSPS) is 25.7. The van der Waals surface area contributed by atoms with Crippen LogP contribution in [0.15, 0.2) is 48.8 Å². The van der Waals surface area contributed by atoms with Gasteiger partial charge in [-0.05, 0) is 42.5 Å². The van der Waals surface area contributed by atoms with Crippen molar-refractivity contribution in [1.29, 1.82) is 0 Å². The Kier molecular flexibility index (Phi) is 3.78. The van der Waals surface area contributed by atoms with Gasteiger partial charge >= 0.3 is 0 Å². The molecular formula is C23H23N5O2. The van der Waals surface area contributed by atoms with E-state index in [1.54, 1.807) is 12.1 Å². The van der Waals surface area contributed by atoms with E-state index in [2.05, 4.69) is 36.6 Å². The first kappa shape index (κ1) is 18.7. The van der Waals surface area contributed by atoms with Crippen LogP contribution in [0.3, 0.4) is 0 Å². The summed E-state index contributed by atoms with van der Waals surface area (Å²) in [6.07, 6.45) is 4.57. The molecule has 2 bridgehead atoms. The van der Waals surface area contributed by atoms with Crippen molar-refractivity contribution in [3.63, 3.8) is 0 Å². The first-order valence-corrected chi connectivity index (χ1v) is 10.1. The van der Waals surface area contributed by atoms with Gasteiger partial charge < -0.3 is 0 Å². The minimum atomic E-state index is -0.861. The zero-order valence-corrected chi connectivity index (χ0v) is 17.2. The number of aromatic nitrogens is 3. The van der Waals surface area contributed by atoms with E-state index >= 15 is 0 Å². The molecule has 0 radical (unpaired) electrons. The van der Waals surface area contributed by atoms with E-state index in [1.807, 2.05) is 24.3 Å². The van der Waals surface area contributed by atoms with Crippen LogP contribution in [0, 0.1) is 5.41 Å². The van der Waals surface area contributed by atoms with Crippen LogP contribution in [0.5, 0.6) is 0 Å². The lowest BCUT2D eigenvalue weighted by Crippen LogP contribution is -2.55.